The molecule has 27 valence electrons. The van der Waals surface area contributed by atoms with E-state index in [9.17, 15) is 0 Å². The molecule has 0 heterocycles. The Hall–Kier alpha value is 0.539. The van der Waals surface area contributed by atoms with Gasteiger partial charge in [0, 0.05) is 0 Å². The minimum atomic E-state index is 1.20. The number of allylic oxidation sites excluding steroid dienone is 1. The fraction of sp³-hybridized carbons (Fsp3) is 0.500. The molecule has 0 aliphatic carbocycles. The molecule has 0 fully saturated rings. The van der Waals surface area contributed by atoms with Gasteiger partial charge in [-0.25, -0.2) is 0 Å². The van der Waals surface area contributed by atoms with E-state index >= 15 is 0 Å². The van der Waals surface area contributed by atoms with Gasteiger partial charge in [-0.1, -0.05) is 0 Å². The van der Waals surface area contributed by atoms with Crippen molar-refractivity contribution in [3.8, 4) is 0 Å². The molecule has 0 rings (SSSR count). The summed E-state index contributed by atoms with van der Waals surface area (Å²) in [5.74, 6) is 0. The quantitative estimate of drug-likeness (QED) is 0.413. The monoisotopic (exact) mass is 175 g/mol. The molecule has 0 unspecified atom stereocenters. The van der Waals surface area contributed by atoms with Crippen LogP contribution in [0, 0.1) is 0 Å². The van der Waals surface area contributed by atoms with Crippen LogP contribution < -0.4 is 0 Å². The molecular formula is C4H7Sn. The zero-order chi connectivity index (χ0) is 4.28. The second kappa shape index (κ2) is 2.76. The minimum absolute atomic E-state index is 1.20. The Bertz CT molecular complexity index is 38.9. The van der Waals surface area contributed by atoms with Gasteiger partial charge >= 0.3 is 46.0 Å². The van der Waals surface area contributed by atoms with Crippen molar-refractivity contribution in [2.75, 3.05) is 0 Å². The summed E-state index contributed by atoms with van der Waals surface area (Å²) in [7, 11) is 0. The van der Waals surface area contributed by atoms with E-state index in [0.29, 0.717) is 0 Å². The molecule has 0 aliphatic rings. The van der Waals surface area contributed by atoms with Gasteiger partial charge in [-0.05, 0) is 0 Å². The van der Waals surface area contributed by atoms with E-state index in [-0.39, 0.29) is 0 Å². The predicted molar refractivity (Wildman–Crippen MR) is 25.4 cm³/mol. The van der Waals surface area contributed by atoms with Gasteiger partial charge in [0.15, 0.2) is 0 Å². The zero-order valence-corrected chi connectivity index (χ0v) is 6.27. The van der Waals surface area contributed by atoms with Gasteiger partial charge in [0.1, 0.15) is 0 Å². The van der Waals surface area contributed by atoms with Crippen LogP contribution in [0.5, 0.6) is 0 Å². The Balaban J connectivity index is 2.85. The van der Waals surface area contributed by atoms with Crippen LogP contribution in [0.4, 0.5) is 0 Å². The number of rotatable bonds is 1. The SMILES string of the molecule is C=C(C)[CH2][Sn]. The Kier molecular flexibility index (Phi) is 3.06. The summed E-state index contributed by atoms with van der Waals surface area (Å²) in [6, 6.07) is 0. The molecular weight excluding hydrogens is 167 g/mol. The Morgan fingerprint density at radius 3 is 2.20 bits per heavy atom. The molecule has 0 N–H and O–H groups in total. The van der Waals surface area contributed by atoms with Crippen molar-refractivity contribution in [1.82, 2.24) is 0 Å². The summed E-state index contributed by atoms with van der Waals surface area (Å²) >= 11 is 1.56. The van der Waals surface area contributed by atoms with Crippen LogP contribution in [0.3, 0.4) is 0 Å². The zero-order valence-electron chi connectivity index (χ0n) is 3.41. The molecule has 0 aliphatic heterocycles. The first-order chi connectivity index (χ1) is 2.27. The third kappa shape index (κ3) is 4.54. The molecule has 0 saturated carbocycles. The molecule has 0 aromatic heterocycles. The molecule has 0 saturated heterocycles. The number of hydrogen-bond donors (Lipinski definition) is 0. The van der Waals surface area contributed by atoms with Gasteiger partial charge in [-0.2, -0.15) is 0 Å². The van der Waals surface area contributed by atoms with Crippen molar-refractivity contribution >= 4 is 22.5 Å². The average molecular weight is 174 g/mol. The summed E-state index contributed by atoms with van der Waals surface area (Å²) in [6.45, 7) is 5.75. The van der Waals surface area contributed by atoms with Crippen molar-refractivity contribution in [2.45, 2.75) is 11.4 Å². The Morgan fingerprint density at radius 2 is 2.20 bits per heavy atom. The molecule has 0 spiro atoms. The van der Waals surface area contributed by atoms with E-state index in [1.165, 1.54) is 10.0 Å². The molecule has 0 aromatic rings. The van der Waals surface area contributed by atoms with Crippen LogP contribution in [0.2, 0.25) is 4.44 Å². The van der Waals surface area contributed by atoms with Crippen LogP contribution in [0.25, 0.3) is 0 Å². The molecule has 0 aromatic carbocycles. The maximum absolute atomic E-state index is 3.70. The summed E-state index contributed by atoms with van der Waals surface area (Å²) in [4.78, 5) is 0. The van der Waals surface area contributed by atoms with Crippen LogP contribution in [-0.4, -0.2) is 22.5 Å². The first-order valence-corrected chi connectivity index (χ1v) is 3.58. The molecule has 3 radical (unpaired) electrons. The molecule has 0 amide bonds. The predicted octanol–water partition coefficient (Wildman–Crippen LogP) is 1.15. The van der Waals surface area contributed by atoms with Crippen molar-refractivity contribution in [1.29, 1.82) is 0 Å². The van der Waals surface area contributed by atoms with Gasteiger partial charge in [0.2, 0.25) is 0 Å². The van der Waals surface area contributed by atoms with Crippen LogP contribution in [0.1, 0.15) is 6.92 Å². The third-order valence-electron chi connectivity index (χ3n) is 0.302. The van der Waals surface area contributed by atoms with E-state index in [0.717, 1.165) is 0 Å². The first kappa shape index (κ1) is 5.54. The van der Waals surface area contributed by atoms with Gasteiger partial charge in [0.25, 0.3) is 0 Å². The fourth-order valence-electron chi connectivity index (χ4n) is 0. The molecule has 1 heteroatoms. The van der Waals surface area contributed by atoms with Gasteiger partial charge in [0.05, 0.1) is 0 Å². The normalized spacial score (nSPS) is 7.60. The summed E-state index contributed by atoms with van der Waals surface area (Å²) in [6.07, 6.45) is 0. The number of hydrogen-bond acceptors (Lipinski definition) is 0. The van der Waals surface area contributed by atoms with Crippen LogP contribution in [0.15, 0.2) is 12.2 Å². The Morgan fingerprint density at radius 1 is 2.00 bits per heavy atom. The summed E-state index contributed by atoms with van der Waals surface area (Å²) in [5, 5.41) is 0. The van der Waals surface area contributed by atoms with Crippen LogP contribution in [-0.2, 0) is 0 Å². The summed E-state index contributed by atoms with van der Waals surface area (Å²) < 4.78 is 1.20. The van der Waals surface area contributed by atoms with Crippen LogP contribution >= 0.6 is 0 Å². The Labute approximate surface area is 46.4 Å². The van der Waals surface area contributed by atoms with Crippen molar-refractivity contribution in [3.05, 3.63) is 12.2 Å². The second-order valence-corrected chi connectivity index (χ2v) is 2.14. The van der Waals surface area contributed by atoms with Crippen molar-refractivity contribution in [2.24, 2.45) is 0 Å². The standard InChI is InChI=1S/C4H7.Sn/c1-4(2)3;/h1-2H2,3H3;. The molecule has 5 heavy (non-hydrogen) atoms. The van der Waals surface area contributed by atoms with E-state index in [1.807, 2.05) is 0 Å². The average Bonchev–Trinajstić information content (AvgIpc) is 1.38. The van der Waals surface area contributed by atoms with E-state index in [2.05, 4.69) is 13.5 Å². The topological polar surface area (TPSA) is 0 Å². The molecule has 0 nitrogen and oxygen atoms in total. The maximum atomic E-state index is 3.70. The van der Waals surface area contributed by atoms with Crippen molar-refractivity contribution < 1.29 is 0 Å². The third-order valence-corrected chi connectivity index (χ3v) is 2.02. The van der Waals surface area contributed by atoms with Crippen molar-refractivity contribution in [3.63, 3.8) is 0 Å². The van der Waals surface area contributed by atoms with Gasteiger partial charge in [-0.15, -0.1) is 0 Å². The van der Waals surface area contributed by atoms with Gasteiger partial charge < -0.3 is 0 Å². The molecule has 0 atom stereocenters. The van der Waals surface area contributed by atoms with E-state index < -0.39 is 0 Å². The van der Waals surface area contributed by atoms with E-state index in [4.69, 9.17) is 0 Å². The fourth-order valence-corrected chi connectivity index (χ4v) is 0. The van der Waals surface area contributed by atoms with E-state index in [1.54, 1.807) is 22.5 Å². The summed E-state index contributed by atoms with van der Waals surface area (Å²) in [5.41, 5.74) is 1.29. The first-order valence-electron chi connectivity index (χ1n) is 1.56. The van der Waals surface area contributed by atoms with Gasteiger partial charge in [-0.3, -0.25) is 0 Å². The molecule has 0 bridgehead atoms. The second-order valence-electron chi connectivity index (χ2n) is 1.13.